The summed E-state index contributed by atoms with van der Waals surface area (Å²) in [4.78, 5) is 26.5. The van der Waals surface area contributed by atoms with Gasteiger partial charge < -0.3 is 5.32 Å². The van der Waals surface area contributed by atoms with Crippen LogP contribution >= 0.6 is 0 Å². The summed E-state index contributed by atoms with van der Waals surface area (Å²) in [5.41, 5.74) is 5.83. The number of nitrogens with one attached hydrogen (secondary N) is 2. The number of nitrogens with zero attached hydrogens (tertiary/aromatic N) is 6. The Morgan fingerprint density at radius 2 is 1.85 bits per heavy atom. The molecule has 0 aliphatic heterocycles. The average molecular weight is 443 g/mol. The highest BCUT2D eigenvalue weighted by Gasteiger charge is 2.27. The largest absolute Gasteiger partial charge is 0.326 e. The normalized spacial score (nSPS) is 13.3. The van der Waals surface area contributed by atoms with Crippen molar-refractivity contribution in [2.24, 2.45) is 0 Å². The van der Waals surface area contributed by atoms with Gasteiger partial charge in [-0.2, -0.15) is 10.2 Å². The van der Waals surface area contributed by atoms with Gasteiger partial charge in [0, 0.05) is 39.8 Å². The van der Waals surface area contributed by atoms with E-state index in [0.29, 0.717) is 23.4 Å². The van der Waals surface area contributed by atoms with Crippen LogP contribution in [0.25, 0.3) is 17.3 Å². The van der Waals surface area contributed by atoms with E-state index in [4.69, 9.17) is 0 Å². The summed E-state index contributed by atoms with van der Waals surface area (Å²) in [5, 5.41) is 14.9. The first-order chi connectivity index (χ1) is 15.9. The van der Waals surface area contributed by atoms with E-state index < -0.39 is 0 Å². The number of aryl methyl sites for hydroxylation is 3. The van der Waals surface area contributed by atoms with E-state index in [1.165, 1.54) is 0 Å². The van der Waals surface area contributed by atoms with Crippen molar-refractivity contribution in [1.29, 1.82) is 0 Å². The number of H-pyrrole nitrogens is 1. The molecule has 9 heteroatoms. The number of hydrogen-bond donors (Lipinski definition) is 2. The summed E-state index contributed by atoms with van der Waals surface area (Å²) in [5.74, 6) is 2.50. The molecule has 9 nitrogen and oxygen atoms in total. The van der Waals surface area contributed by atoms with E-state index in [0.717, 1.165) is 52.6 Å². The molecule has 1 aromatic carbocycles. The molecule has 168 valence electrons. The Morgan fingerprint density at radius 1 is 1.09 bits per heavy atom. The zero-order valence-corrected chi connectivity index (χ0v) is 19.2. The molecule has 1 aliphatic carbocycles. The van der Waals surface area contributed by atoms with Crippen molar-refractivity contribution >= 4 is 11.6 Å². The maximum Gasteiger partial charge on any atom is 0.251 e. The van der Waals surface area contributed by atoms with Gasteiger partial charge in [-0.05, 0) is 58.7 Å². The standard InChI is InChI=1S/C24H26N8O/c1-13-10-14(2)26-24(25-13)32-16(4)20(15(3)31-32)12-21(33)27-19-7-5-6-18(11-19)23-28-22(29-30-23)17-8-9-17/h5-7,10-11,17H,8-9,12H2,1-4H3,(H,27,33)(H,28,29,30). The first-order valence-electron chi connectivity index (χ1n) is 11.1. The van der Waals surface area contributed by atoms with Crippen LogP contribution in [0.1, 0.15) is 52.9 Å². The minimum absolute atomic E-state index is 0.118. The Hall–Kier alpha value is -3.88. The molecule has 1 amide bonds. The van der Waals surface area contributed by atoms with Crippen LogP contribution in [0.3, 0.4) is 0 Å². The summed E-state index contributed by atoms with van der Waals surface area (Å²) >= 11 is 0. The molecule has 1 aliphatic rings. The van der Waals surface area contributed by atoms with Gasteiger partial charge >= 0.3 is 0 Å². The van der Waals surface area contributed by atoms with Crippen molar-refractivity contribution in [3.63, 3.8) is 0 Å². The van der Waals surface area contributed by atoms with E-state index >= 15 is 0 Å². The zero-order valence-electron chi connectivity index (χ0n) is 19.2. The Kier molecular flexibility index (Phi) is 5.24. The van der Waals surface area contributed by atoms with Gasteiger partial charge in [0.15, 0.2) is 5.82 Å². The Bertz CT molecular complexity index is 1330. The molecule has 4 aromatic rings. The molecule has 1 fully saturated rings. The summed E-state index contributed by atoms with van der Waals surface area (Å²) in [6.45, 7) is 7.69. The molecular formula is C24H26N8O. The second-order valence-corrected chi connectivity index (χ2v) is 8.64. The predicted molar refractivity (Wildman–Crippen MR) is 124 cm³/mol. The average Bonchev–Trinajstić information content (AvgIpc) is 3.43. The molecule has 1 saturated carbocycles. The SMILES string of the molecule is Cc1cc(C)nc(-n2nc(C)c(CC(=O)Nc3cccc(-c4n[nH]c(C5CC5)n4)c3)c2C)n1. The highest BCUT2D eigenvalue weighted by atomic mass is 16.1. The molecule has 0 saturated heterocycles. The maximum atomic E-state index is 12.9. The third kappa shape index (κ3) is 4.39. The fourth-order valence-corrected chi connectivity index (χ4v) is 3.97. The number of anilines is 1. The molecule has 0 spiro atoms. The number of carbonyl (C=O) groups is 1. The fraction of sp³-hybridized carbons (Fsp3) is 0.333. The van der Waals surface area contributed by atoms with Crippen LogP contribution in [0.15, 0.2) is 30.3 Å². The van der Waals surface area contributed by atoms with Gasteiger partial charge in [0.25, 0.3) is 5.95 Å². The molecule has 5 rings (SSSR count). The monoisotopic (exact) mass is 442 g/mol. The number of aromatic nitrogens is 7. The molecule has 3 aromatic heterocycles. The smallest absolute Gasteiger partial charge is 0.251 e. The van der Waals surface area contributed by atoms with E-state index in [1.807, 2.05) is 58.0 Å². The second-order valence-electron chi connectivity index (χ2n) is 8.64. The van der Waals surface area contributed by atoms with Crippen LogP contribution in [0.5, 0.6) is 0 Å². The molecule has 33 heavy (non-hydrogen) atoms. The maximum absolute atomic E-state index is 12.9. The number of carbonyl (C=O) groups excluding carboxylic acids is 1. The first-order valence-corrected chi connectivity index (χ1v) is 11.1. The van der Waals surface area contributed by atoms with E-state index in [9.17, 15) is 4.79 Å². The van der Waals surface area contributed by atoms with Gasteiger partial charge in [-0.3, -0.25) is 9.89 Å². The Labute approximate surface area is 191 Å². The Balaban J connectivity index is 1.33. The van der Waals surface area contributed by atoms with E-state index in [-0.39, 0.29) is 12.3 Å². The lowest BCUT2D eigenvalue weighted by atomic mass is 10.1. The van der Waals surface area contributed by atoms with Crippen LogP contribution < -0.4 is 5.32 Å². The lowest BCUT2D eigenvalue weighted by Gasteiger charge is -2.08. The number of hydrogen-bond acceptors (Lipinski definition) is 6. The van der Waals surface area contributed by atoms with Crippen molar-refractivity contribution in [3.05, 3.63) is 64.5 Å². The van der Waals surface area contributed by atoms with Gasteiger partial charge in [-0.15, -0.1) is 0 Å². The van der Waals surface area contributed by atoms with Crippen LogP contribution in [0.2, 0.25) is 0 Å². The number of amides is 1. The lowest BCUT2D eigenvalue weighted by molar-refractivity contribution is -0.115. The lowest BCUT2D eigenvalue weighted by Crippen LogP contribution is -2.15. The number of aromatic amines is 1. The summed E-state index contributed by atoms with van der Waals surface area (Å²) in [6.07, 6.45) is 2.53. The molecule has 0 radical (unpaired) electrons. The third-order valence-corrected chi connectivity index (χ3v) is 5.81. The van der Waals surface area contributed by atoms with E-state index in [1.54, 1.807) is 4.68 Å². The van der Waals surface area contributed by atoms with Gasteiger partial charge in [0.1, 0.15) is 5.82 Å². The summed E-state index contributed by atoms with van der Waals surface area (Å²) in [6, 6.07) is 9.51. The number of rotatable bonds is 6. The summed E-state index contributed by atoms with van der Waals surface area (Å²) in [7, 11) is 0. The molecule has 0 unspecified atom stereocenters. The first kappa shape index (κ1) is 21.0. The van der Waals surface area contributed by atoms with Gasteiger partial charge in [0.2, 0.25) is 5.91 Å². The molecule has 0 bridgehead atoms. The minimum Gasteiger partial charge on any atom is -0.326 e. The van der Waals surface area contributed by atoms with Crippen LogP contribution in [0, 0.1) is 27.7 Å². The van der Waals surface area contributed by atoms with Crippen molar-refractivity contribution < 1.29 is 4.79 Å². The molecular weight excluding hydrogens is 416 g/mol. The minimum atomic E-state index is -0.118. The molecule has 0 atom stereocenters. The fourth-order valence-electron chi connectivity index (χ4n) is 3.97. The van der Waals surface area contributed by atoms with Gasteiger partial charge in [-0.25, -0.2) is 19.6 Å². The van der Waals surface area contributed by atoms with Crippen molar-refractivity contribution in [2.75, 3.05) is 5.32 Å². The predicted octanol–water partition coefficient (Wildman–Crippen LogP) is 3.74. The van der Waals surface area contributed by atoms with Crippen LogP contribution in [0.4, 0.5) is 5.69 Å². The topological polar surface area (TPSA) is 114 Å². The van der Waals surface area contributed by atoms with Crippen molar-refractivity contribution in [1.82, 2.24) is 34.9 Å². The van der Waals surface area contributed by atoms with Crippen LogP contribution in [-0.4, -0.2) is 40.8 Å². The molecule has 3 heterocycles. The van der Waals surface area contributed by atoms with Gasteiger partial charge in [-0.1, -0.05) is 12.1 Å². The number of benzene rings is 1. The Morgan fingerprint density at radius 3 is 2.58 bits per heavy atom. The van der Waals surface area contributed by atoms with E-state index in [2.05, 4.69) is 35.6 Å². The summed E-state index contributed by atoms with van der Waals surface area (Å²) < 4.78 is 1.71. The quantitative estimate of drug-likeness (QED) is 0.470. The highest BCUT2D eigenvalue weighted by Crippen LogP contribution is 2.38. The van der Waals surface area contributed by atoms with Crippen molar-refractivity contribution in [2.45, 2.75) is 52.9 Å². The second kappa shape index (κ2) is 8.23. The van der Waals surface area contributed by atoms with Gasteiger partial charge in [0.05, 0.1) is 12.1 Å². The highest BCUT2D eigenvalue weighted by molar-refractivity contribution is 5.93. The molecule has 2 N–H and O–H groups in total. The zero-order chi connectivity index (χ0) is 23.1. The van der Waals surface area contributed by atoms with Crippen LogP contribution in [-0.2, 0) is 11.2 Å². The van der Waals surface area contributed by atoms with Crippen molar-refractivity contribution in [3.8, 4) is 17.3 Å². The third-order valence-electron chi connectivity index (χ3n) is 5.81.